The third-order valence-corrected chi connectivity index (χ3v) is 1.94. The van der Waals surface area contributed by atoms with Crippen LogP contribution in [0.5, 0.6) is 0 Å². The molecule has 94 valence electrons. The van der Waals surface area contributed by atoms with Crippen molar-refractivity contribution >= 4 is 12.0 Å². The SMILES string of the molecule is C=C(CC=Cc1ccccc1)C(=O)O.C=CC=C. The summed E-state index contributed by atoms with van der Waals surface area (Å²) in [5.74, 6) is -0.942. The van der Waals surface area contributed by atoms with Gasteiger partial charge in [0.15, 0.2) is 0 Å². The number of allylic oxidation sites excluding steroid dienone is 3. The quantitative estimate of drug-likeness (QED) is 0.623. The lowest BCUT2D eigenvalue weighted by Gasteiger charge is -1.93. The molecule has 0 amide bonds. The molecule has 1 aromatic rings. The predicted octanol–water partition coefficient (Wildman–Crippen LogP) is 4.09. The Bertz CT molecular complexity index is 422. The molecule has 0 unspecified atom stereocenters. The van der Waals surface area contributed by atoms with Crippen molar-refractivity contribution in [2.45, 2.75) is 6.42 Å². The molecule has 0 saturated heterocycles. The van der Waals surface area contributed by atoms with Gasteiger partial charge in [-0.2, -0.15) is 0 Å². The van der Waals surface area contributed by atoms with Gasteiger partial charge in [0.25, 0.3) is 0 Å². The van der Waals surface area contributed by atoms with Crippen LogP contribution < -0.4 is 0 Å². The first kappa shape index (κ1) is 15.7. The van der Waals surface area contributed by atoms with Crippen molar-refractivity contribution in [3.8, 4) is 0 Å². The summed E-state index contributed by atoms with van der Waals surface area (Å²) in [4.78, 5) is 10.4. The molecule has 0 aliphatic rings. The van der Waals surface area contributed by atoms with Gasteiger partial charge in [0.2, 0.25) is 0 Å². The zero-order valence-corrected chi connectivity index (χ0v) is 10.4. The van der Waals surface area contributed by atoms with Crippen molar-refractivity contribution < 1.29 is 9.90 Å². The molecule has 0 atom stereocenters. The number of hydrogen-bond donors (Lipinski definition) is 1. The fourth-order valence-electron chi connectivity index (χ4n) is 0.989. The first-order valence-electron chi connectivity index (χ1n) is 5.48. The fourth-order valence-corrected chi connectivity index (χ4v) is 0.989. The van der Waals surface area contributed by atoms with Crippen LogP contribution in [0.15, 0.2) is 73.9 Å². The zero-order chi connectivity index (χ0) is 13.8. The first-order valence-corrected chi connectivity index (χ1v) is 5.48. The molecule has 0 heterocycles. The van der Waals surface area contributed by atoms with Crippen LogP contribution >= 0.6 is 0 Å². The van der Waals surface area contributed by atoms with E-state index in [4.69, 9.17) is 5.11 Å². The van der Waals surface area contributed by atoms with Gasteiger partial charge in [0, 0.05) is 5.57 Å². The number of carboxylic acids is 1. The highest BCUT2D eigenvalue weighted by Crippen LogP contribution is 2.05. The maximum Gasteiger partial charge on any atom is 0.331 e. The number of aliphatic carboxylic acids is 1. The number of hydrogen-bond acceptors (Lipinski definition) is 1. The molecular formula is C16H18O2. The van der Waals surface area contributed by atoms with E-state index in [1.54, 1.807) is 18.2 Å². The number of benzene rings is 1. The molecule has 0 radical (unpaired) electrons. The highest BCUT2D eigenvalue weighted by atomic mass is 16.4. The summed E-state index contributed by atoms with van der Waals surface area (Å²) in [6.45, 7) is 10.2. The molecule has 0 saturated carbocycles. The minimum atomic E-state index is -0.942. The van der Waals surface area contributed by atoms with Gasteiger partial charge in [0.05, 0.1) is 0 Å². The number of carboxylic acid groups (broad SMARTS) is 1. The molecule has 1 rings (SSSR count). The Morgan fingerprint density at radius 1 is 1.17 bits per heavy atom. The van der Waals surface area contributed by atoms with Crippen molar-refractivity contribution in [1.82, 2.24) is 0 Å². The molecule has 1 N–H and O–H groups in total. The van der Waals surface area contributed by atoms with Crippen molar-refractivity contribution in [2.75, 3.05) is 0 Å². The minimum absolute atomic E-state index is 0.206. The maximum absolute atomic E-state index is 10.4. The molecule has 1 aromatic carbocycles. The molecule has 0 bridgehead atoms. The van der Waals surface area contributed by atoms with Crippen LogP contribution in [-0.2, 0) is 4.79 Å². The van der Waals surface area contributed by atoms with Crippen LogP contribution in [0, 0.1) is 0 Å². The van der Waals surface area contributed by atoms with Crippen molar-refractivity contribution in [3.05, 3.63) is 79.4 Å². The summed E-state index contributed by atoms with van der Waals surface area (Å²) < 4.78 is 0. The van der Waals surface area contributed by atoms with Crippen LogP contribution in [0.25, 0.3) is 6.08 Å². The predicted molar refractivity (Wildman–Crippen MR) is 77.3 cm³/mol. The fraction of sp³-hybridized carbons (Fsp3) is 0.0625. The van der Waals surface area contributed by atoms with Crippen LogP contribution in [0.4, 0.5) is 0 Å². The lowest BCUT2D eigenvalue weighted by Crippen LogP contribution is -1.96. The van der Waals surface area contributed by atoms with Gasteiger partial charge in [-0.05, 0) is 12.0 Å². The lowest BCUT2D eigenvalue weighted by atomic mass is 10.1. The standard InChI is InChI=1S/C12H12O2.C4H6/c1-10(12(13)14)6-5-9-11-7-3-2-4-8-11;1-3-4-2/h2-5,7-9H,1,6H2,(H,13,14);3-4H,1-2H2. The molecule has 0 fully saturated rings. The summed E-state index contributed by atoms with van der Waals surface area (Å²) in [6.07, 6.45) is 7.34. The Balaban J connectivity index is 0.000000631. The molecule has 0 aromatic heterocycles. The molecular weight excluding hydrogens is 224 g/mol. The second kappa shape index (κ2) is 9.85. The zero-order valence-electron chi connectivity index (χ0n) is 10.4. The Hall–Kier alpha value is -2.35. The normalized spacial score (nSPS) is 9.11. The summed E-state index contributed by atoms with van der Waals surface area (Å²) in [6, 6.07) is 9.73. The molecule has 2 heteroatoms. The number of rotatable bonds is 5. The summed E-state index contributed by atoms with van der Waals surface area (Å²) in [7, 11) is 0. The monoisotopic (exact) mass is 242 g/mol. The average molecular weight is 242 g/mol. The van der Waals surface area contributed by atoms with Gasteiger partial charge < -0.3 is 5.11 Å². The van der Waals surface area contributed by atoms with Crippen molar-refractivity contribution in [2.24, 2.45) is 0 Å². The van der Waals surface area contributed by atoms with Crippen LogP contribution in [-0.4, -0.2) is 11.1 Å². The Kier molecular flexibility index (Phi) is 8.56. The first-order chi connectivity index (χ1) is 8.61. The van der Waals surface area contributed by atoms with E-state index < -0.39 is 5.97 Å². The van der Waals surface area contributed by atoms with Crippen LogP contribution in [0.1, 0.15) is 12.0 Å². The maximum atomic E-state index is 10.4. The van der Waals surface area contributed by atoms with E-state index in [1.165, 1.54) is 0 Å². The van der Waals surface area contributed by atoms with E-state index in [2.05, 4.69) is 19.7 Å². The Labute approximate surface area is 108 Å². The van der Waals surface area contributed by atoms with E-state index in [0.29, 0.717) is 6.42 Å². The number of carbonyl (C=O) groups is 1. The van der Waals surface area contributed by atoms with E-state index in [0.717, 1.165) is 5.56 Å². The molecule has 2 nitrogen and oxygen atoms in total. The summed E-state index contributed by atoms with van der Waals surface area (Å²) >= 11 is 0. The van der Waals surface area contributed by atoms with Crippen molar-refractivity contribution in [3.63, 3.8) is 0 Å². The molecule has 0 spiro atoms. The highest BCUT2D eigenvalue weighted by Gasteiger charge is 1.99. The lowest BCUT2D eigenvalue weighted by molar-refractivity contribution is -0.132. The van der Waals surface area contributed by atoms with Gasteiger partial charge in [-0.15, -0.1) is 0 Å². The van der Waals surface area contributed by atoms with Gasteiger partial charge >= 0.3 is 5.97 Å². The van der Waals surface area contributed by atoms with Crippen LogP contribution in [0.3, 0.4) is 0 Å². The third-order valence-electron chi connectivity index (χ3n) is 1.94. The van der Waals surface area contributed by atoms with Crippen LogP contribution in [0.2, 0.25) is 0 Å². The Morgan fingerprint density at radius 3 is 2.17 bits per heavy atom. The molecule has 18 heavy (non-hydrogen) atoms. The Morgan fingerprint density at radius 2 is 1.72 bits per heavy atom. The summed E-state index contributed by atoms with van der Waals surface area (Å²) in [5.41, 5.74) is 1.27. The van der Waals surface area contributed by atoms with E-state index >= 15 is 0 Å². The molecule has 0 aliphatic heterocycles. The van der Waals surface area contributed by atoms with Gasteiger partial charge in [-0.3, -0.25) is 0 Å². The summed E-state index contributed by atoms with van der Waals surface area (Å²) in [5, 5.41) is 8.55. The van der Waals surface area contributed by atoms with Gasteiger partial charge in [-0.1, -0.05) is 74.4 Å². The van der Waals surface area contributed by atoms with E-state index in [1.807, 2.05) is 36.4 Å². The van der Waals surface area contributed by atoms with Gasteiger partial charge in [0.1, 0.15) is 0 Å². The second-order valence-electron chi connectivity index (χ2n) is 3.40. The van der Waals surface area contributed by atoms with Crippen molar-refractivity contribution in [1.29, 1.82) is 0 Å². The average Bonchev–Trinajstić information content (AvgIpc) is 2.40. The topological polar surface area (TPSA) is 37.3 Å². The second-order valence-corrected chi connectivity index (χ2v) is 3.40. The van der Waals surface area contributed by atoms with E-state index in [-0.39, 0.29) is 5.57 Å². The molecule has 0 aliphatic carbocycles. The minimum Gasteiger partial charge on any atom is -0.478 e. The smallest absolute Gasteiger partial charge is 0.331 e. The van der Waals surface area contributed by atoms with Gasteiger partial charge in [-0.25, -0.2) is 4.79 Å². The highest BCUT2D eigenvalue weighted by molar-refractivity contribution is 5.86. The largest absolute Gasteiger partial charge is 0.478 e. The third kappa shape index (κ3) is 7.88. The van der Waals surface area contributed by atoms with E-state index in [9.17, 15) is 4.79 Å².